The maximum Gasteiger partial charge on any atom is 0.326 e. The van der Waals surface area contributed by atoms with Crippen molar-refractivity contribution in [3.05, 3.63) is 18.2 Å². The standard InChI is InChI=1S/C14H22N4O3/c19-13(20)12(6-11-8-15-9-17-11)18-14(21)16-7-10-4-2-1-3-5-10/h8-10,12H,1-7H2,(H,15,17)(H,19,20)(H2,16,18,21). The molecule has 116 valence electrons. The molecule has 0 spiro atoms. The number of carbonyl (C=O) groups is 2. The lowest BCUT2D eigenvalue weighted by molar-refractivity contribution is -0.139. The third-order valence-corrected chi connectivity index (χ3v) is 3.86. The van der Waals surface area contributed by atoms with Crippen LogP contribution in [0.3, 0.4) is 0 Å². The first-order valence-corrected chi connectivity index (χ1v) is 7.39. The highest BCUT2D eigenvalue weighted by atomic mass is 16.4. The summed E-state index contributed by atoms with van der Waals surface area (Å²) in [5.74, 6) is -0.544. The van der Waals surface area contributed by atoms with Crippen molar-refractivity contribution in [2.24, 2.45) is 5.92 Å². The number of carbonyl (C=O) groups excluding carboxylic acids is 1. The van der Waals surface area contributed by atoms with Crippen molar-refractivity contribution in [1.82, 2.24) is 20.6 Å². The first kappa shape index (κ1) is 15.3. The molecule has 1 aliphatic rings. The van der Waals surface area contributed by atoms with E-state index >= 15 is 0 Å². The van der Waals surface area contributed by atoms with E-state index in [9.17, 15) is 9.59 Å². The van der Waals surface area contributed by atoms with Crippen LogP contribution in [-0.4, -0.2) is 39.7 Å². The van der Waals surface area contributed by atoms with E-state index in [1.807, 2.05) is 0 Å². The molecule has 4 N–H and O–H groups in total. The smallest absolute Gasteiger partial charge is 0.326 e. The minimum Gasteiger partial charge on any atom is -0.480 e. The van der Waals surface area contributed by atoms with E-state index in [0.717, 1.165) is 12.8 Å². The molecule has 1 atom stereocenters. The van der Waals surface area contributed by atoms with Gasteiger partial charge in [-0.3, -0.25) is 0 Å². The molecule has 0 saturated heterocycles. The molecule has 2 rings (SSSR count). The Balaban J connectivity index is 1.76. The Morgan fingerprint density at radius 3 is 2.76 bits per heavy atom. The lowest BCUT2D eigenvalue weighted by Crippen LogP contribution is -2.48. The maximum absolute atomic E-state index is 11.8. The molecule has 0 aliphatic heterocycles. The molecule has 1 heterocycles. The van der Waals surface area contributed by atoms with Gasteiger partial charge < -0.3 is 20.7 Å². The second kappa shape index (κ2) is 7.66. The fourth-order valence-electron chi connectivity index (χ4n) is 2.65. The van der Waals surface area contributed by atoms with Crippen molar-refractivity contribution in [3.63, 3.8) is 0 Å². The van der Waals surface area contributed by atoms with Crippen LogP contribution in [0.25, 0.3) is 0 Å². The topological polar surface area (TPSA) is 107 Å². The van der Waals surface area contributed by atoms with E-state index < -0.39 is 18.0 Å². The number of nitrogens with one attached hydrogen (secondary N) is 3. The number of rotatable bonds is 6. The van der Waals surface area contributed by atoms with Gasteiger partial charge in [0.1, 0.15) is 6.04 Å². The predicted molar refractivity (Wildman–Crippen MR) is 76.8 cm³/mol. The van der Waals surface area contributed by atoms with E-state index in [1.165, 1.54) is 25.6 Å². The number of aromatic nitrogens is 2. The van der Waals surface area contributed by atoms with E-state index in [2.05, 4.69) is 20.6 Å². The van der Waals surface area contributed by atoms with Crippen molar-refractivity contribution < 1.29 is 14.7 Å². The number of aliphatic carboxylic acids is 1. The van der Waals surface area contributed by atoms with Crippen molar-refractivity contribution in [2.45, 2.75) is 44.6 Å². The molecule has 7 nitrogen and oxygen atoms in total. The molecule has 1 unspecified atom stereocenters. The Labute approximate surface area is 123 Å². The van der Waals surface area contributed by atoms with Crippen LogP contribution in [0.2, 0.25) is 0 Å². The van der Waals surface area contributed by atoms with E-state index in [-0.39, 0.29) is 6.42 Å². The number of urea groups is 1. The summed E-state index contributed by atoms with van der Waals surface area (Å²) in [6, 6.07) is -1.38. The highest BCUT2D eigenvalue weighted by Gasteiger charge is 2.21. The SMILES string of the molecule is O=C(NCC1CCCCC1)NC(Cc1cnc[nH]1)C(=O)O. The minimum atomic E-state index is -1.06. The largest absolute Gasteiger partial charge is 0.480 e. The van der Waals surface area contributed by atoms with Gasteiger partial charge >= 0.3 is 12.0 Å². The lowest BCUT2D eigenvalue weighted by atomic mass is 9.89. The summed E-state index contributed by atoms with van der Waals surface area (Å²) in [5.41, 5.74) is 0.676. The predicted octanol–water partition coefficient (Wildman–Crippen LogP) is 1.28. The van der Waals surface area contributed by atoms with Gasteiger partial charge in [-0.15, -0.1) is 0 Å². The summed E-state index contributed by atoms with van der Waals surface area (Å²) in [5, 5.41) is 14.4. The molecule has 1 aromatic rings. The van der Waals surface area contributed by atoms with E-state index in [1.54, 1.807) is 6.20 Å². The summed E-state index contributed by atoms with van der Waals surface area (Å²) in [6.45, 7) is 0.613. The van der Waals surface area contributed by atoms with Crippen molar-refractivity contribution in [3.8, 4) is 0 Å². The van der Waals surface area contributed by atoms with Crippen molar-refractivity contribution in [2.75, 3.05) is 6.54 Å². The second-order valence-electron chi connectivity index (χ2n) is 5.53. The highest BCUT2D eigenvalue weighted by Crippen LogP contribution is 2.22. The van der Waals surface area contributed by atoms with Crippen LogP contribution in [0.1, 0.15) is 37.8 Å². The number of carboxylic acid groups (broad SMARTS) is 1. The van der Waals surface area contributed by atoms with Crippen LogP contribution in [0.4, 0.5) is 4.79 Å². The summed E-state index contributed by atoms with van der Waals surface area (Å²) in [7, 11) is 0. The molecular weight excluding hydrogens is 272 g/mol. The highest BCUT2D eigenvalue weighted by molar-refractivity contribution is 5.82. The Hall–Kier alpha value is -2.05. The molecular formula is C14H22N4O3. The van der Waals surface area contributed by atoms with Gasteiger partial charge in [0, 0.05) is 24.9 Å². The molecule has 1 saturated carbocycles. The van der Waals surface area contributed by atoms with Gasteiger partial charge in [0.15, 0.2) is 0 Å². The third kappa shape index (κ3) is 5.09. The zero-order valence-corrected chi connectivity index (χ0v) is 12.0. The second-order valence-corrected chi connectivity index (χ2v) is 5.53. The van der Waals surface area contributed by atoms with Gasteiger partial charge in [0.25, 0.3) is 0 Å². The fourth-order valence-corrected chi connectivity index (χ4v) is 2.65. The van der Waals surface area contributed by atoms with E-state index in [0.29, 0.717) is 18.2 Å². The number of aromatic amines is 1. The maximum atomic E-state index is 11.8. The van der Waals surface area contributed by atoms with Crippen LogP contribution in [0.15, 0.2) is 12.5 Å². The van der Waals surface area contributed by atoms with Crippen LogP contribution >= 0.6 is 0 Å². The molecule has 1 aliphatic carbocycles. The fraction of sp³-hybridized carbons (Fsp3) is 0.643. The number of imidazole rings is 1. The molecule has 7 heteroatoms. The molecule has 0 aromatic carbocycles. The minimum absolute atomic E-state index is 0.187. The summed E-state index contributed by atoms with van der Waals surface area (Å²) in [6.07, 6.45) is 9.19. The normalized spacial score (nSPS) is 17.1. The Kier molecular flexibility index (Phi) is 5.59. The Morgan fingerprint density at radius 1 is 1.38 bits per heavy atom. The zero-order chi connectivity index (χ0) is 15.1. The zero-order valence-electron chi connectivity index (χ0n) is 12.0. The number of H-pyrrole nitrogens is 1. The average Bonchev–Trinajstić information content (AvgIpc) is 2.98. The number of hydrogen-bond acceptors (Lipinski definition) is 3. The summed E-state index contributed by atoms with van der Waals surface area (Å²) >= 11 is 0. The molecule has 0 radical (unpaired) electrons. The molecule has 21 heavy (non-hydrogen) atoms. The van der Waals surface area contributed by atoms with Gasteiger partial charge in [-0.1, -0.05) is 19.3 Å². The first-order valence-electron chi connectivity index (χ1n) is 7.39. The third-order valence-electron chi connectivity index (χ3n) is 3.86. The lowest BCUT2D eigenvalue weighted by Gasteiger charge is -2.22. The van der Waals surface area contributed by atoms with Crippen molar-refractivity contribution >= 4 is 12.0 Å². The van der Waals surface area contributed by atoms with Gasteiger partial charge in [-0.25, -0.2) is 14.6 Å². The Bertz CT molecular complexity index is 455. The number of nitrogens with zero attached hydrogens (tertiary/aromatic N) is 1. The van der Waals surface area contributed by atoms with Gasteiger partial charge in [-0.05, 0) is 18.8 Å². The molecule has 2 amide bonds. The molecule has 1 aromatic heterocycles. The van der Waals surface area contributed by atoms with Crippen LogP contribution < -0.4 is 10.6 Å². The van der Waals surface area contributed by atoms with Gasteiger partial charge in [-0.2, -0.15) is 0 Å². The number of carboxylic acids is 1. The van der Waals surface area contributed by atoms with Crippen LogP contribution in [-0.2, 0) is 11.2 Å². The van der Waals surface area contributed by atoms with Gasteiger partial charge in [0.2, 0.25) is 0 Å². The number of hydrogen-bond donors (Lipinski definition) is 4. The first-order chi connectivity index (χ1) is 10.1. The van der Waals surface area contributed by atoms with E-state index in [4.69, 9.17) is 5.11 Å². The monoisotopic (exact) mass is 294 g/mol. The van der Waals surface area contributed by atoms with Crippen LogP contribution in [0.5, 0.6) is 0 Å². The average molecular weight is 294 g/mol. The quantitative estimate of drug-likeness (QED) is 0.634. The van der Waals surface area contributed by atoms with Gasteiger partial charge in [0.05, 0.1) is 6.33 Å². The summed E-state index contributed by atoms with van der Waals surface area (Å²) in [4.78, 5) is 29.7. The molecule has 0 bridgehead atoms. The molecule has 1 fully saturated rings. The van der Waals surface area contributed by atoms with Crippen LogP contribution in [0, 0.1) is 5.92 Å². The number of amides is 2. The van der Waals surface area contributed by atoms with Crippen molar-refractivity contribution in [1.29, 1.82) is 0 Å². The summed E-state index contributed by atoms with van der Waals surface area (Å²) < 4.78 is 0. The Morgan fingerprint density at radius 2 is 2.14 bits per heavy atom.